The van der Waals surface area contributed by atoms with Gasteiger partial charge in [-0.15, -0.1) is 11.8 Å². The van der Waals surface area contributed by atoms with Gasteiger partial charge in [0.25, 0.3) is 0 Å². The zero-order valence-electron chi connectivity index (χ0n) is 6.59. The zero-order chi connectivity index (χ0) is 8.43. The van der Waals surface area contributed by atoms with Crippen molar-refractivity contribution in [1.29, 1.82) is 0 Å². The highest BCUT2D eigenvalue weighted by Gasteiger charge is 2.30. The Bertz CT molecular complexity index is 193. The Morgan fingerprint density at radius 2 is 2.09 bits per heavy atom. The minimum atomic E-state index is -0.162. The van der Waals surface area contributed by atoms with Crippen LogP contribution in [0.4, 0.5) is 0 Å². The lowest BCUT2D eigenvalue weighted by molar-refractivity contribution is -0.130. The molecule has 3 nitrogen and oxygen atoms in total. The number of hydrogen-bond donors (Lipinski definition) is 1. The third kappa shape index (κ3) is 1.74. The van der Waals surface area contributed by atoms with Gasteiger partial charge in [-0.25, -0.2) is 0 Å². The summed E-state index contributed by atoms with van der Waals surface area (Å²) in [6, 6.07) is 0. The number of amides is 2. The summed E-state index contributed by atoms with van der Waals surface area (Å²) in [6.45, 7) is 3.76. The molecule has 1 fully saturated rings. The average molecular weight is 173 g/mol. The molecule has 1 saturated heterocycles. The lowest BCUT2D eigenvalue weighted by Gasteiger charge is -2.23. The van der Waals surface area contributed by atoms with Gasteiger partial charge in [0, 0.05) is 0 Å². The van der Waals surface area contributed by atoms with Crippen molar-refractivity contribution in [3.05, 3.63) is 0 Å². The standard InChI is InChI=1S/C7H11NO2S/c1-3-5-7(10)8-6(9)4(2)11-5/h4-5H,3H2,1-2H3,(H,8,9,10)/t4-,5+/m0/s1. The van der Waals surface area contributed by atoms with E-state index in [0.29, 0.717) is 0 Å². The molecular formula is C7H11NO2S. The fraction of sp³-hybridized carbons (Fsp3) is 0.714. The van der Waals surface area contributed by atoms with Crippen molar-refractivity contribution in [2.45, 2.75) is 30.8 Å². The highest BCUT2D eigenvalue weighted by Crippen LogP contribution is 2.24. The predicted octanol–water partition coefficient (Wildman–Crippen LogP) is 0.543. The summed E-state index contributed by atoms with van der Waals surface area (Å²) in [7, 11) is 0. The van der Waals surface area contributed by atoms with Crippen molar-refractivity contribution in [1.82, 2.24) is 5.32 Å². The second kappa shape index (κ2) is 3.26. The van der Waals surface area contributed by atoms with Crippen LogP contribution < -0.4 is 5.32 Å². The van der Waals surface area contributed by atoms with Crippen LogP contribution in [0, 0.1) is 0 Å². The van der Waals surface area contributed by atoms with Crippen LogP contribution in [-0.4, -0.2) is 22.3 Å². The minimum absolute atomic E-state index is 0.0392. The largest absolute Gasteiger partial charge is 0.295 e. The van der Waals surface area contributed by atoms with Crippen LogP contribution in [0.5, 0.6) is 0 Å². The van der Waals surface area contributed by atoms with Gasteiger partial charge in [0.1, 0.15) is 0 Å². The van der Waals surface area contributed by atoms with Crippen LogP contribution in [0.2, 0.25) is 0 Å². The van der Waals surface area contributed by atoms with Gasteiger partial charge < -0.3 is 0 Å². The number of carbonyl (C=O) groups is 2. The number of hydrogen-bond acceptors (Lipinski definition) is 3. The Balaban J connectivity index is 2.62. The summed E-state index contributed by atoms with van der Waals surface area (Å²) in [5.74, 6) is -0.301. The summed E-state index contributed by atoms with van der Waals surface area (Å²) in [6.07, 6.45) is 0.786. The molecule has 1 aliphatic rings. The monoisotopic (exact) mass is 173 g/mol. The number of rotatable bonds is 1. The highest BCUT2D eigenvalue weighted by molar-refractivity contribution is 8.02. The van der Waals surface area contributed by atoms with Gasteiger partial charge in [0.15, 0.2) is 0 Å². The quantitative estimate of drug-likeness (QED) is 0.589. The van der Waals surface area contributed by atoms with E-state index < -0.39 is 0 Å². The maximum absolute atomic E-state index is 11.0. The summed E-state index contributed by atoms with van der Waals surface area (Å²) in [5.41, 5.74) is 0. The van der Waals surface area contributed by atoms with Gasteiger partial charge in [0.2, 0.25) is 11.8 Å². The minimum Gasteiger partial charge on any atom is -0.295 e. The molecule has 1 heterocycles. The van der Waals surface area contributed by atoms with Gasteiger partial charge in [0.05, 0.1) is 10.5 Å². The molecule has 0 bridgehead atoms. The number of carbonyl (C=O) groups excluding carboxylic acids is 2. The molecule has 0 aromatic carbocycles. The molecule has 0 radical (unpaired) electrons. The van der Waals surface area contributed by atoms with E-state index in [-0.39, 0.29) is 22.3 Å². The molecule has 0 unspecified atom stereocenters. The van der Waals surface area contributed by atoms with Crippen molar-refractivity contribution >= 4 is 23.6 Å². The predicted molar refractivity (Wildman–Crippen MR) is 44.3 cm³/mol. The van der Waals surface area contributed by atoms with Crippen LogP contribution in [0.25, 0.3) is 0 Å². The molecule has 1 N–H and O–H groups in total. The average Bonchev–Trinajstić information content (AvgIpc) is 1.97. The van der Waals surface area contributed by atoms with Gasteiger partial charge in [-0.05, 0) is 13.3 Å². The smallest absolute Gasteiger partial charge is 0.239 e. The Morgan fingerprint density at radius 1 is 1.45 bits per heavy atom. The SMILES string of the molecule is CC[C@H]1S[C@@H](C)C(=O)NC1=O. The van der Waals surface area contributed by atoms with Crippen molar-refractivity contribution in [3.63, 3.8) is 0 Å². The van der Waals surface area contributed by atoms with Crippen molar-refractivity contribution in [3.8, 4) is 0 Å². The molecular weight excluding hydrogens is 162 g/mol. The topological polar surface area (TPSA) is 46.2 Å². The van der Waals surface area contributed by atoms with Crippen molar-refractivity contribution in [2.75, 3.05) is 0 Å². The Labute approximate surface area is 69.9 Å². The van der Waals surface area contributed by atoms with E-state index in [1.54, 1.807) is 0 Å². The number of thioether (sulfide) groups is 1. The van der Waals surface area contributed by atoms with Gasteiger partial charge >= 0.3 is 0 Å². The molecule has 0 aliphatic carbocycles. The van der Waals surface area contributed by atoms with Gasteiger partial charge in [-0.3, -0.25) is 14.9 Å². The third-order valence-electron chi connectivity index (χ3n) is 1.65. The molecule has 0 aromatic heterocycles. The fourth-order valence-corrected chi connectivity index (χ4v) is 2.01. The first kappa shape index (κ1) is 8.59. The zero-order valence-corrected chi connectivity index (χ0v) is 7.40. The first-order chi connectivity index (χ1) is 5.15. The second-order valence-electron chi connectivity index (χ2n) is 2.53. The summed E-state index contributed by atoms with van der Waals surface area (Å²) in [4.78, 5) is 21.9. The van der Waals surface area contributed by atoms with Crippen LogP contribution in [0.3, 0.4) is 0 Å². The summed E-state index contributed by atoms with van der Waals surface area (Å²) >= 11 is 1.44. The third-order valence-corrected chi connectivity index (χ3v) is 3.15. The van der Waals surface area contributed by atoms with E-state index in [1.807, 2.05) is 13.8 Å². The van der Waals surface area contributed by atoms with Gasteiger partial charge in [-0.1, -0.05) is 6.92 Å². The van der Waals surface area contributed by atoms with E-state index in [9.17, 15) is 9.59 Å². The molecule has 2 atom stereocenters. The van der Waals surface area contributed by atoms with Crippen LogP contribution in [0.15, 0.2) is 0 Å². The van der Waals surface area contributed by atoms with E-state index in [2.05, 4.69) is 5.32 Å². The van der Waals surface area contributed by atoms with E-state index in [0.717, 1.165) is 6.42 Å². The fourth-order valence-electron chi connectivity index (χ4n) is 0.955. The van der Waals surface area contributed by atoms with Crippen molar-refractivity contribution < 1.29 is 9.59 Å². The maximum atomic E-state index is 11.0. The Hall–Kier alpha value is -0.510. The van der Waals surface area contributed by atoms with Crippen LogP contribution >= 0.6 is 11.8 Å². The molecule has 2 amide bonds. The maximum Gasteiger partial charge on any atom is 0.239 e. The Kier molecular flexibility index (Phi) is 2.54. The Morgan fingerprint density at radius 3 is 2.64 bits per heavy atom. The lowest BCUT2D eigenvalue weighted by atomic mass is 10.3. The molecule has 62 valence electrons. The summed E-state index contributed by atoms with van der Waals surface area (Å²) < 4.78 is 0. The number of imide groups is 1. The van der Waals surface area contributed by atoms with E-state index >= 15 is 0 Å². The number of nitrogens with one attached hydrogen (secondary N) is 1. The molecule has 0 saturated carbocycles. The normalized spacial score (nSPS) is 31.8. The lowest BCUT2D eigenvalue weighted by Crippen LogP contribution is -2.46. The van der Waals surface area contributed by atoms with Crippen molar-refractivity contribution in [2.24, 2.45) is 0 Å². The highest BCUT2D eigenvalue weighted by atomic mass is 32.2. The molecule has 1 rings (SSSR count). The summed E-state index contributed by atoms with van der Waals surface area (Å²) in [5, 5.41) is 2.21. The molecule has 0 spiro atoms. The van der Waals surface area contributed by atoms with Gasteiger partial charge in [-0.2, -0.15) is 0 Å². The first-order valence-electron chi connectivity index (χ1n) is 3.65. The van der Waals surface area contributed by atoms with Crippen LogP contribution in [0.1, 0.15) is 20.3 Å². The van der Waals surface area contributed by atoms with E-state index in [4.69, 9.17) is 0 Å². The van der Waals surface area contributed by atoms with E-state index in [1.165, 1.54) is 11.8 Å². The molecule has 0 aromatic rings. The molecule has 4 heteroatoms. The second-order valence-corrected chi connectivity index (χ2v) is 4.08. The van der Waals surface area contributed by atoms with Crippen LogP contribution in [-0.2, 0) is 9.59 Å². The first-order valence-corrected chi connectivity index (χ1v) is 4.59. The molecule has 11 heavy (non-hydrogen) atoms. The molecule has 1 aliphatic heterocycles.